The van der Waals surface area contributed by atoms with Crippen LogP contribution in [0.1, 0.15) is 28.8 Å². The van der Waals surface area contributed by atoms with Crippen molar-refractivity contribution in [3.8, 4) is 17.0 Å². The molecule has 0 unspecified atom stereocenters. The van der Waals surface area contributed by atoms with Gasteiger partial charge < -0.3 is 10.1 Å². The first-order valence-corrected chi connectivity index (χ1v) is 13.2. The maximum Gasteiger partial charge on any atom is 0.251 e. The molecule has 2 fully saturated rings. The molecule has 1 saturated carbocycles. The second kappa shape index (κ2) is 9.20. The zero-order valence-corrected chi connectivity index (χ0v) is 21.8. The van der Waals surface area contributed by atoms with Gasteiger partial charge in [-0.3, -0.25) is 19.5 Å². The number of methoxy groups -OCH3 is 1. The second-order valence-electron chi connectivity index (χ2n) is 10.7. The van der Waals surface area contributed by atoms with Gasteiger partial charge in [0.2, 0.25) is 0 Å². The Kier molecular flexibility index (Phi) is 5.62. The fraction of sp³-hybridized carbons (Fsp3) is 0.300. The van der Waals surface area contributed by atoms with Crippen molar-refractivity contribution in [2.45, 2.75) is 31.5 Å². The molecule has 7 rings (SSSR count). The summed E-state index contributed by atoms with van der Waals surface area (Å²) in [6.45, 7) is 1.37. The number of nitrogens with one attached hydrogen (secondary N) is 2. The van der Waals surface area contributed by atoms with Gasteiger partial charge in [0, 0.05) is 65.9 Å². The van der Waals surface area contributed by atoms with Gasteiger partial charge in [0.05, 0.1) is 23.8 Å². The molecule has 2 bridgehead atoms. The molecule has 1 saturated heterocycles. The van der Waals surface area contributed by atoms with Crippen molar-refractivity contribution in [2.75, 3.05) is 13.7 Å². The number of aromatic nitrogens is 4. The fourth-order valence-electron chi connectivity index (χ4n) is 6.48. The van der Waals surface area contributed by atoms with Crippen LogP contribution in [0.5, 0.6) is 5.75 Å². The molecule has 3 heterocycles. The Balaban J connectivity index is 1.11. The highest BCUT2D eigenvalue weighted by Gasteiger charge is 2.45. The molecular weight excluding hydrogens is 495 g/mol. The monoisotopic (exact) mass is 524 g/mol. The largest absolute Gasteiger partial charge is 0.496 e. The Labute approximate surface area is 224 Å². The SMILES string of the molecule is COc1cccc(F)c1CN1C[C@H]2C[C@@H]1[C@H](NC(=O)c1ccc3[nH]nc(-c4ccc5nn(C)cc5c4)c3c1)C2. The first kappa shape index (κ1) is 23.8. The molecule has 1 aliphatic heterocycles. The summed E-state index contributed by atoms with van der Waals surface area (Å²) in [7, 11) is 3.47. The van der Waals surface area contributed by atoms with Crippen molar-refractivity contribution in [1.82, 2.24) is 30.2 Å². The van der Waals surface area contributed by atoms with E-state index in [1.165, 1.54) is 6.07 Å². The molecule has 2 aromatic heterocycles. The van der Waals surface area contributed by atoms with Crippen LogP contribution in [0.4, 0.5) is 4.39 Å². The summed E-state index contributed by atoms with van der Waals surface area (Å²) < 4.78 is 21.8. The Morgan fingerprint density at radius 3 is 2.92 bits per heavy atom. The third-order valence-electron chi connectivity index (χ3n) is 8.28. The van der Waals surface area contributed by atoms with Crippen molar-refractivity contribution in [3.63, 3.8) is 0 Å². The molecule has 39 heavy (non-hydrogen) atoms. The molecule has 3 aromatic carbocycles. The van der Waals surface area contributed by atoms with Crippen LogP contribution >= 0.6 is 0 Å². The van der Waals surface area contributed by atoms with Crippen LogP contribution < -0.4 is 10.1 Å². The van der Waals surface area contributed by atoms with Gasteiger partial charge in [0.25, 0.3) is 5.91 Å². The molecule has 198 valence electrons. The van der Waals surface area contributed by atoms with Crippen molar-refractivity contribution < 1.29 is 13.9 Å². The summed E-state index contributed by atoms with van der Waals surface area (Å²) in [5.74, 6) is 0.686. The fourth-order valence-corrected chi connectivity index (χ4v) is 6.48. The minimum atomic E-state index is -0.260. The highest BCUT2D eigenvalue weighted by Crippen LogP contribution is 2.40. The van der Waals surface area contributed by atoms with Gasteiger partial charge in [-0.05, 0) is 61.2 Å². The van der Waals surface area contributed by atoms with Gasteiger partial charge in [0.1, 0.15) is 11.6 Å². The van der Waals surface area contributed by atoms with Crippen LogP contribution in [-0.4, -0.2) is 56.5 Å². The third-order valence-corrected chi connectivity index (χ3v) is 8.28. The molecule has 9 heteroatoms. The molecule has 0 spiro atoms. The van der Waals surface area contributed by atoms with Crippen LogP contribution in [0.15, 0.2) is 60.8 Å². The quantitative estimate of drug-likeness (QED) is 0.338. The van der Waals surface area contributed by atoms with Crippen molar-refractivity contribution in [2.24, 2.45) is 13.0 Å². The highest BCUT2D eigenvalue weighted by atomic mass is 19.1. The van der Waals surface area contributed by atoms with Crippen LogP contribution in [0, 0.1) is 11.7 Å². The van der Waals surface area contributed by atoms with E-state index in [-0.39, 0.29) is 23.8 Å². The zero-order chi connectivity index (χ0) is 26.7. The Hall–Kier alpha value is -4.24. The maximum absolute atomic E-state index is 14.6. The van der Waals surface area contributed by atoms with Gasteiger partial charge >= 0.3 is 0 Å². The number of piperidine rings is 1. The average molecular weight is 525 g/mol. The second-order valence-corrected chi connectivity index (χ2v) is 10.7. The van der Waals surface area contributed by atoms with E-state index in [0.717, 1.165) is 52.4 Å². The summed E-state index contributed by atoms with van der Waals surface area (Å²) >= 11 is 0. The Morgan fingerprint density at radius 1 is 1.18 bits per heavy atom. The first-order valence-electron chi connectivity index (χ1n) is 13.2. The summed E-state index contributed by atoms with van der Waals surface area (Å²) in [6, 6.07) is 16.8. The van der Waals surface area contributed by atoms with Crippen LogP contribution in [-0.2, 0) is 13.6 Å². The molecular formula is C30H29FN6O2. The number of rotatable bonds is 6. The molecule has 1 aliphatic carbocycles. The van der Waals surface area contributed by atoms with E-state index in [9.17, 15) is 9.18 Å². The number of fused-ring (bicyclic) bond motifs is 4. The number of amides is 1. The first-order chi connectivity index (χ1) is 19.0. The summed E-state index contributed by atoms with van der Waals surface area (Å²) in [5, 5.41) is 17.3. The predicted octanol–water partition coefficient (Wildman–Crippen LogP) is 4.66. The van der Waals surface area contributed by atoms with E-state index in [1.807, 2.05) is 43.6 Å². The number of likely N-dealkylation sites (tertiary alicyclic amines) is 1. The van der Waals surface area contributed by atoms with Crippen LogP contribution in [0.25, 0.3) is 33.1 Å². The smallest absolute Gasteiger partial charge is 0.251 e. The summed E-state index contributed by atoms with van der Waals surface area (Å²) in [5.41, 5.74) is 4.73. The number of benzene rings is 3. The molecule has 8 nitrogen and oxygen atoms in total. The lowest BCUT2D eigenvalue weighted by atomic mass is 10.0. The minimum absolute atomic E-state index is 0.0153. The van der Waals surface area contributed by atoms with Crippen LogP contribution in [0.3, 0.4) is 0 Å². The molecule has 2 aliphatic rings. The van der Waals surface area contributed by atoms with Gasteiger partial charge in [-0.15, -0.1) is 0 Å². The molecule has 2 N–H and O–H groups in total. The third kappa shape index (κ3) is 4.13. The van der Waals surface area contributed by atoms with E-state index >= 15 is 0 Å². The lowest BCUT2D eigenvalue weighted by molar-refractivity contribution is 0.0887. The van der Waals surface area contributed by atoms with E-state index in [1.54, 1.807) is 23.9 Å². The number of hydrogen-bond acceptors (Lipinski definition) is 5. The normalized spacial score (nSPS) is 20.7. The number of ether oxygens (including phenoxy) is 1. The lowest BCUT2D eigenvalue weighted by Crippen LogP contribution is -2.49. The van der Waals surface area contributed by atoms with Gasteiger partial charge in [-0.2, -0.15) is 10.2 Å². The number of carbonyl (C=O) groups excluding carboxylic acids is 1. The number of aromatic amines is 1. The molecule has 0 radical (unpaired) electrons. The predicted molar refractivity (Wildman–Crippen MR) is 147 cm³/mol. The minimum Gasteiger partial charge on any atom is -0.496 e. The zero-order valence-electron chi connectivity index (χ0n) is 21.8. The Bertz CT molecular complexity index is 1730. The van der Waals surface area contributed by atoms with Crippen molar-refractivity contribution >= 4 is 27.7 Å². The Morgan fingerprint density at radius 2 is 2.08 bits per heavy atom. The van der Waals surface area contributed by atoms with Crippen LogP contribution in [0.2, 0.25) is 0 Å². The van der Waals surface area contributed by atoms with E-state index < -0.39 is 0 Å². The number of aryl methyl sites for hydroxylation is 1. The molecule has 1 amide bonds. The number of H-pyrrole nitrogens is 1. The number of halogens is 1. The standard InChI is InChI=1S/C30H29FN6O2/c1-36-15-20-12-18(6-8-24(20)35-36)29-21-13-19(7-9-25(21)33-34-29)30(38)32-26-10-17-11-27(26)37(14-17)16-22-23(31)4-3-5-28(22)39-2/h3-9,12-13,15,17,26-27H,10-11,14,16H2,1-2H3,(H,32,38)(H,33,34)/t17-,26-,27-/m1/s1. The number of carbonyl (C=O) groups is 1. The van der Waals surface area contributed by atoms with Crippen molar-refractivity contribution in [3.05, 3.63) is 77.7 Å². The van der Waals surface area contributed by atoms with Gasteiger partial charge in [-0.25, -0.2) is 4.39 Å². The summed E-state index contributed by atoms with van der Waals surface area (Å²) in [4.78, 5) is 15.7. The van der Waals surface area contributed by atoms with E-state index in [2.05, 4.69) is 31.6 Å². The van der Waals surface area contributed by atoms with E-state index in [0.29, 0.717) is 29.3 Å². The summed E-state index contributed by atoms with van der Waals surface area (Å²) in [6.07, 6.45) is 3.92. The maximum atomic E-state index is 14.6. The number of nitrogens with zero attached hydrogens (tertiary/aromatic N) is 4. The van der Waals surface area contributed by atoms with Crippen molar-refractivity contribution in [1.29, 1.82) is 0 Å². The highest BCUT2D eigenvalue weighted by molar-refractivity contribution is 6.02. The van der Waals surface area contributed by atoms with E-state index in [4.69, 9.17) is 4.74 Å². The number of hydrogen-bond donors (Lipinski definition) is 2. The topological polar surface area (TPSA) is 88.1 Å². The average Bonchev–Trinajstić information content (AvgIpc) is 3.71. The molecule has 5 aromatic rings. The van der Waals surface area contributed by atoms with Gasteiger partial charge in [-0.1, -0.05) is 12.1 Å². The van der Waals surface area contributed by atoms with Gasteiger partial charge in [0.15, 0.2) is 0 Å². The molecule has 3 atom stereocenters. The lowest BCUT2D eigenvalue weighted by Gasteiger charge is -2.34.